The number of carbonyl (C=O) groups is 1. The van der Waals surface area contributed by atoms with Crippen molar-refractivity contribution in [3.8, 4) is 0 Å². The van der Waals surface area contributed by atoms with Crippen molar-refractivity contribution in [1.82, 2.24) is 4.90 Å². The van der Waals surface area contributed by atoms with Crippen LogP contribution in [0.5, 0.6) is 0 Å². The van der Waals surface area contributed by atoms with Crippen molar-refractivity contribution in [2.24, 2.45) is 0 Å². The molecule has 0 aliphatic carbocycles. The Labute approximate surface area is 127 Å². The van der Waals surface area contributed by atoms with Crippen LogP contribution in [-0.4, -0.2) is 23.8 Å². The number of hydrogen-bond acceptors (Lipinski definition) is 3. The van der Waals surface area contributed by atoms with Crippen LogP contribution in [0.2, 0.25) is 0 Å². The zero-order chi connectivity index (χ0) is 15.2. The van der Waals surface area contributed by atoms with Crippen molar-refractivity contribution >= 4 is 17.1 Å². The van der Waals surface area contributed by atoms with Crippen LogP contribution in [0, 0.1) is 11.6 Å². The Hall–Kier alpha value is -1.59. The van der Waals surface area contributed by atoms with Gasteiger partial charge in [-0.1, -0.05) is 13.0 Å². The van der Waals surface area contributed by atoms with Gasteiger partial charge in [-0.3, -0.25) is 9.69 Å². The smallest absolute Gasteiger partial charge is 0.164 e. The lowest BCUT2D eigenvalue weighted by molar-refractivity contribution is 0.0963. The quantitative estimate of drug-likeness (QED) is 0.717. The van der Waals surface area contributed by atoms with Gasteiger partial charge in [-0.25, -0.2) is 8.78 Å². The Morgan fingerprint density at radius 1 is 1.24 bits per heavy atom. The molecule has 112 valence electrons. The zero-order valence-corrected chi connectivity index (χ0v) is 12.6. The van der Waals surface area contributed by atoms with Crippen molar-refractivity contribution in [3.63, 3.8) is 0 Å². The summed E-state index contributed by atoms with van der Waals surface area (Å²) < 4.78 is 26.2. The fourth-order valence-electron chi connectivity index (χ4n) is 2.09. The molecule has 1 aromatic carbocycles. The average Bonchev–Trinajstić information content (AvgIpc) is 2.94. The van der Waals surface area contributed by atoms with Crippen LogP contribution >= 0.6 is 11.3 Å². The number of Topliss-reactive ketones (excluding diaryl/α,β-unsaturated/α-hetero) is 1. The summed E-state index contributed by atoms with van der Waals surface area (Å²) >= 11 is 1.68. The first kappa shape index (κ1) is 15.8. The minimum absolute atomic E-state index is 0.0969. The summed E-state index contributed by atoms with van der Waals surface area (Å²) in [6.45, 7) is 4.22. The fraction of sp³-hybridized carbons (Fsp3) is 0.312. The monoisotopic (exact) mass is 309 g/mol. The molecule has 5 heteroatoms. The molecule has 0 spiro atoms. The maximum atomic E-state index is 13.1. The van der Waals surface area contributed by atoms with Gasteiger partial charge in [0.25, 0.3) is 0 Å². The molecule has 0 saturated carbocycles. The Bertz CT molecular complexity index is 578. The summed E-state index contributed by atoms with van der Waals surface area (Å²) in [5, 5.41) is 2.02. The first-order chi connectivity index (χ1) is 10.1. The number of hydrogen-bond donors (Lipinski definition) is 0. The molecular formula is C16H17F2NOS. The molecular weight excluding hydrogens is 292 g/mol. The standard InChI is InChI=1S/C16H17F2NOS/c1-2-19(11-15-4-3-7-21-15)6-5-16(20)12-8-13(17)10-14(18)9-12/h3-4,7-10H,2,5-6,11H2,1H3. The van der Waals surface area contributed by atoms with Gasteiger partial charge >= 0.3 is 0 Å². The van der Waals surface area contributed by atoms with E-state index in [9.17, 15) is 13.6 Å². The normalized spacial score (nSPS) is 11.0. The van der Waals surface area contributed by atoms with Crippen LogP contribution in [-0.2, 0) is 6.54 Å². The van der Waals surface area contributed by atoms with E-state index in [0.717, 1.165) is 31.3 Å². The summed E-state index contributed by atoms with van der Waals surface area (Å²) in [7, 11) is 0. The number of nitrogens with zero attached hydrogens (tertiary/aromatic N) is 1. The second kappa shape index (κ2) is 7.43. The molecule has 0 amide bonds. The number of ketones is 1. The number of carbonyl (C=O) groups excluding carboxylic acids is 1. The topological polar surface area (TPSA) is 20.3 Å². The molecule has 0 fully saturated rings. The summed E-state index contributed by atoms with van der Waals surface area (Å²) in [5.74, 6) is -1.67. The highest BCUT2D eigenvalue weighted by Gasteiger charge is 2.12. The zero-order valence-electron chi connectivity index (χ0n) is 11.8. The van der Waals surface area contributed by atoms with E-state index in [-0.39, 0.29) is 17.8 Å². The van der Waals surface area contributed by atoms with E-state index in [0.29, 0.717) is 6.54 Å². The molecule has 21 heavy (non-hydrogen) atoms. The number of rotatable bonds is 7. The lowest BCUT2D eigenvalue weighted by Crippen LogP contribution is -2.25. The molecule has 0 aliphatic rings. The second-order valence-electron chi connectivity index (χ2n) is 4.78. The van der Waals surface area contributed by atoms with E-state index in [2.05, 4.69) is 11.0 Å². The summed E-state index contributed by atoms with van der Waals surface area (Å²) in [6.07, 6.45) is 0.252. The van der Waals surface area contributed by atoms with Gasteiger partial charge in [0, 0.05) is 36.0 Å². The SMILES string of the molecule is CCN(CCC(=O)c1cc(F)cc(F)c1)Cc1cccs1. The van der Waals surface area contributed by atoms with Crippen LogP contribution in [0.15, 0.2) is 35.7 Å². The summed E-state index contributed by atoms with van der Waals surface area (Å²) in [6, 6.07) is 6.99. The number of halogens is 2. The van der Waals surface area contributed by atoms with Crippen LogP contribution in [0.3, 0.4) is 0 Å². The molecule has 0 radical (unpaired) electrons. The van der Waals surface area contributed by atoms with Crippen LogP contribution in [0.4, 0.5) is 8.78 Å². The maximum absolute atomic E-state index is 13.1. The molecule has 2 aromatic rings. The largest absolute Gasteiger partial charge is 0.298 e. The minimum atomic E-state index is -0.718. The predicted molar refractivity (Wildman–Crippen MR) is 80.6 cm³/mol. The molecule has 2 nitrogen and oxygen atoms in total. The first-order valence-corrected chi connectivity index (χ1v) is 7.70. The van der Waals surface area contributed by atoms with Crippen LogP contribution in [0.1, 0.15) is 28.6 Å². The highest BCUT2D eigenvalue weighted by atomic mass is 32.1. The molecule has 2 rings (SSSR count). The van der Waals surface area contributed by atoms with Crippen molar-refractivity contribution < 1.29 is 13.6 Å². The Morgan fingerprint density at radius 3 is 2.52 bits per heavy atom. The highest BCUT2D eigenvalue weighted by molar-refractivity contribution is 7.09. The van der Waals surface area contributed by atoms with E-state index in [1.165, 1.54) is 4.88 Å². The van der Waals surface area contributed by atoms with E-state index in [1.807, 2.05) is 18.4 Å². The van der Waals surface area contributed by atoms with E-state index < -0.39 is 11.6 Å². The predicted octanol–water partition coefficient (Wildman–Crippen LogP) is 4.12. The van der Waals surface area contributed by atoms with Crippen LogP contribution < -0.4 is 0 Å². The molecule has 0 bridgehead atoms. The summed E-state index contributed by atoms with van der Waals surface area (Å²) in [4.78, 5) is 15.4. The number of benzene rings is 1. The van der Waals surface area contributed by atoms with Gasteiger partial charge in [-0.2, -0.15) is 0 Å². The Kier molecular flexibility index (Phi) is 5.59. The van der Waals surface area contributed by atoms with Crippen molar-refractivity contribution in [3.05, 3.63) is 57.8 Å². The van der Waals surface area contributed by atoms with Gasteiger partial charge < -0.3 is 0 Å². The van der Waals surface area contributed by atoms with Gasteiger partial charge in [-0.05, 0) is 30.1 Å². The molecule has 1 heterocycles. The molecule has 0 atom stereocenters. The van der Waals surface area contributed by atoms with Gasteiger partial charge in [0.2, 0.25) is 0 Å². The van der Waals surface area contributed by atoms with E-state index >= 15 is 0 Å². The summed E-state index contributed by atoms with van der Waals surface area (Å²) in [5.41, 5.74) is 0.0969. The van der Waals surface area contributed by atoms with E-state index in [1.54, 1.807) is 11.3 Å². The minimum Gasteiger partial charge on any atom is -0.298 e. The lowest BCUT2D eigenvalue weighted by Gasteiger charge is -2.19. The lowest BCUT2D eigenvalue weighted by atomic mass is 10.1. The van der Waals surface area contributed by atoms with Crippen molar-refractivity contribution in [2.75, 3.05) is 13.1 Å². The van der Waals surface area contributed by atoms with Crippen molar-refractivity contribution in [1.29, 1.82) is 0 Å². The molecule has 1 aromatic heterocycles. The highest BCUT2D eigenvalue weighted by Crippen LogP contribution is 2.14. The van der Waals surface area contributed by atoms with Gasteiger partial charge in [0.1, 0.15) is 11.6 Å². The average molecular weight is 309 g/mol. The third kappa shape index (κ3) is 4.72. The van der Waals surface area contributed by atoms with Gasteiger partial charge in [0.15, 0.2) is 5.78 Å². The fourth-order valence-corrected chi connectivity index (χ4v) is 2.84. The second-order valence-corrected chi connectivity index (χ2v) is 5.81. The van der Waals surface area contributed by atoms with E-state index in [4.69, 9.17) is 0 Å². The van der Waals surface area contributed by atoms with Crippen LogP contribution in [0.25, 0.3) is 0 Å². The van der Waals surface area contributed by atoms with Gasteiger partial charge in [0.05, 0.1) is 0 Å². The Morgan fingerprint density at radius 2 is 1.95 bits per heavy atom. The number of thiophene rings is 1. The molecule has 0 N–H and O–H groups in total. The van der Waals surface area contributed by atoms with Gasteiger partial charge in [-0.15, -0.1) is 11.3 Å². The Balaban J connectivity index is 1.92. The first-order valence-electron chi connectivity index (χ1n) is 6.82. The molecule has 0 unspecified atom stereocenters. The van der Waals surface area contributed by atoms with Crippen molar-refractivity contribution in [2.45, 2.75) is 19.9 Å². The third-order valence-corrected chi connectivity index (χ3v) is 4.11. The molecule has 0 aliphatic heterocycles. The maximum Gasteiger partial charge on any atom is 0.164 e. The molecule has 0 saturated heterocycles. The third-order valence-electron chi connectivity index (χ3n) is 3.25.